The molecule has 0 aliphatic rings. The molecule has 14 heavy (non-hydrogen) atoms. The zero-order valence-corrected chi connectivity index (χ0v) is 9.29. The average Bonchev–Trinajstić information content (AvgIpc) is 2.14. The molecule has 0 atom stereocenters. The maximum absolute atomic E-state index is 11.4. The lowest BCUT2D eigenvalue weighted by Crippen LogP contribution is -2.17. The van der Waals surface area contributed by atoms with Crippen LogP contribution in [0.25, 0.3) is 0 Å². The van der Waals surface area contributed by atoms with Crippen molar-refractivity contribution >= 4 is 41.1 Å². The molecule has 0 aliphatic carbocycles. The summed E-state index contributed by atoms with van der Waals surface area (Å²) < 4.78 is 2.39. The van der Waals surface area contributed by atoms with Crippen LogP contribution in [0, 0.1) is 0 Å². The van der Waals surface area contributed by atoms with Gasteiger partial charge in [-0.05, 0) is 24.1 Å². The number of amides is 1. The van der Waals surface area contributed by atoms with Crippen LogP contribution in [0.1, 0.15) is 10.4 Å². The van der Waals surface area contributed by atoms with Crippen molar-refractivity contribution in [3.05, 3.63) is 33.8 Å². The standard InChI is InChI=1S/C8H7Cl2NO2S/c9-5-2-1-3-6(10)7(5)8(13)11-14-4-12/h1-3,12H,4H2,(H,11,13). The van der Waals surface area contributed by atoms with E-state index in [0.717, 1.165) is 11.9 Å². The van der Waals surface area contributed by atoms with Gasteiger partial charge in [-0.3, -0.25) is 9.52 Å². The summed E-state index contributed by atoms with van der Waals surface area (Å²) in [6.07, 6.45) is 0. The van der Waals surface area contributed by atoms with Crippen molar-refractivity contribution in [2.75, 3.05) is 5.94 Å². The van der Waals surface area contributed by atoms with Gasteiger partial charge in [-0.15, -0.1) is 0 Å². The van der Waals surface area contributed by atoms with Gasteiger partial charge in [0.25, 0.3) is 5.91 Å². The fourth-order valence-corrected chi connectivity index (χ4v) is 1.73. The molecule has 1 amide bonds. The SMILES string of the molecule is O=C(NSCO)c1c(Cl)cccc1Cl. The summed E-state index contributed by atoms with van der Waals surface area (Å²) in [5.41, 5.74) is 0.219. The summed E-state index contributed by atoms with van der Waals surface area (Å²) >= 11 is 12.4. The highest BCUT2D eigenvalue weighted by Gasteiger charge is 2.13. The number of halogens is 2. The average molecular weight is 252 g/mol. The molecule has 0 heterocycles. The molecule has 0 spiro atoms. The molecule has 0 aromatic heterocycles. The lowest BCUT2D eigenvalue weighted by molar-refractivity contribution is 0.0984. The third-order valence-electron chi connectivity index (χ3n) is 1.42. The van der Waals surface area contributed by atoms with Crippen molar-refractivity contribution in [1.29, 1.82) is 0 Å². The highest BCUT2D eigenvalue weighted by Crippen LogP contribution is 2.24. The van der Waals surface area contributed by atoms with Gasteiger partial charge in [0, 0.05) is 0 Å². The Morgan fingerprint density at radius 3 is 2.50 bits per heavy atom. The summed E-state index contributed by atoms with van der Waals surface area (Å²) in [7, 11) is 0. The fourth-order valence-electron chi connectivity index (χ4n) is 0.864. The van der Waals surface area contributed by atoms with Crippen LogP contribution in [-0.4, -0.2) is 17.0 Å². The van der Waals surface area contributed by atoms with Gasteiger partial charge in [0.05, 0.1) is 15.6 Å². The van der Waals surface area contributed by atoms with Crippen molar-refractivity contribution in [2.24, 2.45) is 0 Å². The molecule has 6 heteroatoms. The van der Waals surface area contributed by atoms with Gasteiger partial charge < -0.3 is 5.11 Å². The first-order chi connectivity index (χ1) is 6.66. The van der Waals surface area contributed by atoms with E-state index in [2.05, 4.69) is 4.72 Å². The first kappa shape index (κ1) is 11.7. The fraction of sp³-hybridized carbons (Fsp3) is 0.125. The van der Waals surface area contributed by atoms with Crippen molar-refractivity contribution in [3.63, 3.8) is 0 Å². The van der Waals surface area contributed by atoms with Crippen LogP contribution in [0.2, 0.25) is 10.0 Å². The zero-order valence-electron chi connectivity index (χ0n) is 6.96. The first-order valence-corrected chi connectivity index (χ1v) is 5.38. The summed E-state index contributed by atoms with van der Waals surface area (Å²) in [4.78, 5) is 11.4. The molecule has 0 saturated heterocycles. The second-order valence-corrected chi connectivity index (χ2v) is 3.87. The number of hydrogen-bond acceptors (Lipinski definition) is 3. The Hall–Kier alpha value is -0.420. The number of hydrogen-bond donors (Lipinski definition) is 2. The molecular formula is C8H7Cl2NO2S. The van der Waals surface area contributed by atoms with E-state index < -0.39 is 5.91 Å². The predicted molar refractivity (Wildman–Crippen MR) is 58.6 cm³/mol. The normalized spacial score (nSPS) is 9.93. The largest absolute Gasteiger partial charge is 0.384 e. The summed E-state index contributed by atoms with van der Waals surface area (Å²) in [6.45, 7) is 0. The van der Waals surface area contributed by atoms with E-state index >= 15 is 0 Å². The van der Waals surface area contributed by atoms with Gasteiger partial charge >= 0.3 is 0 Å². The third kappa shape index (κ3) is 2.78. The van der Waals surface area contributed by atoms with E-state index in [0.29, 0.717) is 0 Å². The molecule has 1 aromatic rings. The Labute approximate surface area is 95.5 Å². The second kappa shape index (κ2) is 5.46. The van der Waals surface area contributed by atoms with E-state index in [1.807, 2.05) is 0 Å². The van der Waals surface area contributed by atoms with Crippen molar-refractivity contribution in [2.45, 2.75) is 0 Å². The van der Waals surface area contributed by atoms with Gasteiger partial charge in [-0.25, -0.2) is 0 Å². The minimum Gasteiger partial charge on any atom is -0.384 e. The first-order valence-electron chi connectivity index (χ1n) is 3.64. The van der Waals surface area contributed by atoms with Crippen LogP contribution in [-0.2, 0) is 0 Å². The maximum atomic E-state index is 11.4. The molecule has 0 fully saturated rings. The van der Waals surface area contributed by atoms with Crippen LogP contribution in [0.4, 0.5) is 0 Å². The minimum absolute atomic E-state index is 0.201. The van der Waals surface area contributed by atoms with Crippen molar-refractivity contribution in [3.8, 4) is 0 Å². The second-order valence-electron chi connectivity index (χ2n) is 2.30. The molecule has 0 radical (unpaired) electrons. The van der Waals surface area contributed by atoms with Gasteiger partial charge in [0.15, 0.2) is 0 Å². The zero-order chi connectivity index (χ0) is 10.6. The van der Waals surface area contributed by atoms with Gasteiger partial charge in [-0.2, -0.15) is 0 Å². The number of carbonyl (C=O) groups excluding carboxylic acids is 1. The van der Waals surface area contributed by atoms with Crippen molar-refractivity contribution < 1.29 is 9.90 Å². The highest BCUT2D eigenvalue weighted by molar-refractivity contribution is 7.97. The van der Waals surface area contributed by atoms with E-state index in [9.17, 15) is 4.79 Å². The Morgan fingerprint density at radius 1 is 1.43 bits per heavy atom. The number of benzene rings is 1. The van der Waals surface area contributed by atoms with Crippen LogP contribution < -0.4 is 4.72 Å². The lowest BCUT2D eigenvalue weighted by atomic mass is 10.2. The van der Waals surface area contributed by atoms with Crippen LogP contribution in [0.5, 0.6) is 0 Å². The highest BCUT2D eigenvalue weighted by atomic mass is 35.5. The Bertz CT molecular complexity index is 326. The smallest absolute Gasteiger partial charge is 0.264 e. The molecular weight excluding hydrogens is 245 g/mol. The van der Waals surface area contributed by atoms with E-state index in [1.165, 1.54) is 0 Å². The monoisotopic (exact) mass is 251 g/mol. The number of aliphatic hydroxyl groups excluding tert-OH is 1. The third-order valence-corrected chi connectivity index (χ3v) is 2.51. The molecule has 0 unspecified atom stereocenters. The maximum Gasteiger partial charge on any atom is 0.264 e. The summed E-state index contributed by atoms with van der Waals surface area (Å²) in [5, 5.41) is 9.05. The van der Waals surface area contributed by atoms with Gasteiger partial charge in [0.2, 0.25) is 0 Å². The van der Waals surface area contributed by atoms with Gasteiger partial charge in [-0.1, -0.05) is 29.3 Å². The molecule has 1 aromatic carbocycles. The molecule has 0 saturated carbocycles. The Morgan fingerprint density at radius 2 is 2.00 bits per heavy atom. The molecule has 3 nitrogen and oxygen atoms in total. The molecule has 1 rings (SSSR count). The molecule has 0 bridgehead atoms. The minimum atomic E-state index is -0.417. The molecule has 76 valence electrons. The van der Waals surface area contributed by atoms with E-state index in [4.69, 9.17) is 28.3 Å². The number of carbonyl (C=O) groups is 1. The predicted octanol–water partition coefficient (Wildman–Crippen LogP) is 2.32. The van der Waals surface area contributed by atoms with E-state index in [-0.39, 0.29) is 21.5 Å². The van der Waals surface area contributed by atoms with E-state index in [1.54, 1.807) is 18.2 Å². The van der Waals surface area contributed by atoms with Gasteiger partial charge in [0.1, 0.15) is 5.94 Å². The van der Waals surface area contributed by atoms with Crippen LogP contribution >= 0.6 is 35.1 Å². The summed E-state index contributed by atoms with van der Waals surface area (Å²) in [5.74, 6) is -0.618. The number of nitrogens with one attached hydrogen (secondary N) is 1. The number of aliphatic hydroxyl groups is 1. The lowest BCUT2D eigenvalue weighted by Gasteiger charge is -2.05. The van der Waals surface area contributed by atoms with Crippen LogP contribution in [0.15, 0.2) is 18.2 Å². The molecule has 0 aliphatic heterocycles. The summed E-state index contributed by atoms with van der Waals surface area (Å²) in [6, 6.07) is 4.80. The quantitative estimate of drug-likeness (QED) is 0.641. The number of rotatable bonds is 3. The topological polar surface area (TPSA) is 49.3 Å². The Balaban J connectivity index is 2.89. The van der Waals surface area contributed by atoms with Crippen LogP contribution in [0.3, 0.4) is 0 Å². The Kier molecular flexibility index (Phi) is 4.54. The molecule has 2 N–H and O–H groups in total. The van der Waals surface area contributed by atoms with Crippen molar-refractivity contribution in [1.82, 2.24) is 4.72 Å².